The lowest BCUT2D eigenvalue weighted by Gasteiger charge is -2.01. The molecule has 1 aromatic carbocycles. The van der Waals surface area contributed by atoms with E-state index in [0.29, 0.717) is 11.1 Å². The number of furan rings is 1. The number of fused-ring (bicyclic) bond motifs is 1. The Morgan fingerprint density at radius 2 is 2.00 bits per heavy atom. The van der Waals surface area contributed by atoms with Gasteiger partial charge in [0.25, 0.3) is 5.69 Å². The molecule has 0 fully saturated rings. The Hall–Kier alpha value is -1.89. The molecule has 7 heteroatoms. The van der Waals surface area contributed by atoms with Crippen molar-refractivity contribution in [3.8, 4) is 0 Å². The van der Waals surface area contributed by atoms with E-state index >= 15 is 0 Å². The van der Waals surface area contributed by atoms with E-state index < -0.39 is 14.8 Å². The highest BCUT2D eigenvalue weighted by Crippen LogP contribution is 2.32. The van der Waals surface area contributed by atoms with Crippen LogP contribution < -0.4 is 0 Å². The smallest absolute Gasteiger partial charge is 0.281 e. The predicted molar refractivity (Wildman–Crippen MR) is 65.3 cm³/mol. The summed E-state index contributed by atoms with van der Waals surface area (Å²) in [5, 5.41) is 11.3. The zero-order valence-electron chi connectivity index (χ0n) is 9.84. The van der Waals surface area contributed by atoms with Crippen molar-refractivity contribution in [1.82, 2.24) is 0 Å². The third-order valence-corrected chi connectivity index (χ3v) is 4.36. The maximum atomic E-state index is 11.8. The van der Waals surface area contributed by atoms with Crippen molar-refractivity contribution in [3.63, 3.8) is 0 Å². The minimum Gasteiger partial charge on any atom is -0.461 e. The van der Waals surface area contributed by atoms with Crippen molar-refractivity contribution >= 4 is 26.5 Å². The number of hydrogen-bond acceptors (Lipinski definition) is 5. The number of sulfone groups is 1. The van der Waals surface area contributed by atoms with Crippen LogP contribution in [0.1, 0.15) is 12.7 Å². The Bertz CT molecular complexity index is 729. The van der Waals surface area contributed by atoms with Crippen molar-refractivity contribution in [1.29, 1.82) is 0 Å². The van der Waals surface area contributed by atoms with Crippen LogP contribution >= 0.6 is 0 Å². The van der Waals surface area contributed by atoms with E-state index in [0.717, 1.165) is 6.07 Å². The van der Waals surface area contributed by atoms with Crippen molar-refractivity contribution < 1.29 is 17.8 Å². The van der Waals surface area contributed by atoms with Gasteiger partial charge in [-0.1, -0.05) is 6.92 Å². The van der Waals surface area contributed by atoms with Crippen LogP contribution in [0.2, 0.25) is 0 Å². The summed E-state index contributed by atoms with van der Waals surface area (Å²) >= 11 is 0. The topological polar surface area (TPSA) is 90.4 Å². The second-order valence-corrected chi connectivity index (χ2v) is 6.15. The summed E-state index contributed by atoms with van der Waals surface area (Å²) in [6, 6.07) is 3.93. The molecule has 0 amide bonds. The largest absolute Gasteiger partial charge is 0.461 e. The molecule has 2 rings (SSSR count). The van der Waals surface area contributed by atoms with E-state index in [1.165, 1.54) is 19.1 Å². The molecular weight excluding hydrogens is 258 g/mol. The fourth-order valence-corrected chi connectivity index (χ4v) is 2.63. The van der Waals surface area contributed by atoms with Gasteiger partial charge in [0.05, 0.1) is 21.0 Å². The van der Waals surface area contributed by atoms with E-state index in [4.69, 9.17) is 4.42 Å². The Morgan fingerprint density at radius 3 is 2.56 bits per heavy atom. The Labute approximate surface area is 103 Å². The highest BCUT2D eigenvalue weighted by Gasteiger charge is 2.22. The molecule has 0 radical (unpaired) electrons. The van der Waals surface area contributed by atoms with Gasteiger partial charge in [-0.25, -0.2) is 8.42 Å². The van der Waals surface area contributed by atoms with Gasteiger partial charge in [0.1, 0.15) is 11.3 Å². The normalized spacial score (nSPS) is 11.9. The SMILES string of the molecule is CCS(=O)(=O)c1cc([N+](=O)[O-])c2cc(C)oc2c1. The zero-order valence-corrected chi connectivity index (χ0v) is 10.7. The molecule has 0 saturated carbocycles. The Balaban J connectivity index is 2.84. The molecule has 1 aromatic heterocycles. The predicted octanol–water partition coefficient (Wildman–Crippen LogP) is 2.44. The van der Waals surface area contributed by atoms with Gasteiger partial charge in [-0.3, -0.25) is 10.1 Å². The molecule has 0 aliphatic heterocycles. The van der Waals surface area contributed by atoms with Gasteiger partial charge in [-0.15, -0.1) is 0 Å². The lowest BCUT2D eigenvalue weighted by atomic mass is 10.2. The fourth-order valence-electron chi connectivity index (χ4n) is 1.72. The van der Waals surface area contributed by atoms with Crippen LogP contribution in [0.5, 0.6) is 0 Å². The number of hydrogen-bond donors (Lipinski definition) is 0. The lowest BCUT2D eigenvalue weighted by molar-refractivity contribution is -0.383. The number of nitro benzene ring substituents is 1. The molecule has 0 spiro atoms. The van der Waals surface area contributed by atoms with Gasteiger partial charge in [0.15, 0.2) is 9.84 Å². The highest BCUT2D eigenvalue weighted by atomic mass is 32.2. The summed E-state index contributed by atoms with van der Waals surface area (Å²) in [6.45, 7) is 3.14. The molecule has 0 bridgehead atoms. The first-order chi connectivity index (χ1) is 8.35. The van der Waals surface area contributed by atoms with Crippen LogP contribution in [0.15, 0.2) is 27.5 Å². The van der Waals surface area contributed by atoms with Crippen LogP contribution in [0.3, 0.4) is 0 Å². The van der Waals surface area contributed by atoms with Crippen LogP contribution in [-0.2, 0) is 9.84 Å². The molecule has 0 N–H and O–H groups in total. The van der Waals surface area contributed by atoms with Gasteiger partial charge < -0.3 is 4.42 Å². The fraction of sp³-hybridized carbons (Fsp3) is 0.273. The van der Waals surface area contributed by atoms with E-state index in [9.17, 15) is 18.5 Å². The number of aryl methyl sites for hydroxylation is 1. The standard InChI is InChI=1S/C11H11NO5S/c1-3-18(15,16)8-5-10(12(13)14)9-4-7(2)17-11(9)6-8/h4-6H,3H2,1-2H3. The summed E-state index contributed by atoms with van der Waals surface area (Å²) < 4.78 is 28.8. The van der Waals surface area contributed by atoms with Gasteiger partial charge >= 0.3 is 0 Å². The van der Waals surface area contributed by atoms with Crippen LogP contribution in [-0.4, -0.2) is 19.1 Å². The van der Waals surface area contributed by atoms with E-state index in [1.54, 1.807) is 6.92 Å². The first kappa shape index (κ1) is 12.6. The molecule has 6 nitrogen and oxygen atoms in total. The highest BCUT2D eigenvalue weighted by molar-refractivity contribution is 7.91. The van der Waals surface area contributed by atoms with E-state index in [-0.39, 0.29) is 21.9 Å². The number of nitrogens with zero attached hydrogens (tertiary/aromatic N) is 1. The molecule has 1 heterocycles. The summed E-state index contributed by atoms with van der Waals surface area (Å²) in [6.07, 6.45) is 0. The first-order valence-corrected chi connectivity index (χ1v) is 6.91. The summed E-state index contributed by atoms with van der Waals surface area (Å²) in [7, 11) is -3.50. The second kappa shape index (κ2) is 4.09. The average molecular weight is 269 g/mol. The van der Waals surface area contributed by atoms with Crippen LogP contribution in [0.25, 0.3) is 11.0 Å². The lowest BCUT2D eigenvalue weighted by Crippen LogP contribution is -2.04. The molecule has 2 aromatic rings. The molecular formula is C11H11NO5S. The monoisotopic (exact) mass is 269 g/mol. The number of non-ortho nitro benzene ring substituents is 1. The third-order valence-electron chi connectivity index (χ3n) is 2.65. The Morgan fingerprint density at radius 1 is 1.33 bits per heavy atom. The quantitative estimate of drug-likeness (QED) is 0.630. The maximum Gasteiger partial charge on any atom is 0.281 e. The molecule has 0 unspecified atom stereocenters. The Kier molecular flexibility index (Phi) is 2.86. The maximum absolute atomic E-state index is 11.8. The van der Waals surface area contributed by atoms with Crippen molar-refractivity contribution in [2.24, 2.45) is 0 Å². The van der Waals surface area contributed by atoms with Gasteiger partial charge in [-0.2, -0.15) is 0 Å². The molecule has 0 atom stereocenters. The van der Waals surface area contributed by atoms with Crippen LogP contribution in [0, 0.1) is 17.0 Å². The zero-order chi connectivity index (χ0) is 13.5. The average Bonchev–Trinajstić information content (AvgIpc) is 2.67. The number of nitro groups is 1. The molecule has 96 valence electrons. The summed E-state index contributed by atoms with van der Waals surface area (Å²) in [5.41, 5.74) is -0.0369. The minimum atomic E-state index is -3.50. The van der Waals surface area contributed by atoms with Gasteiger partial charge in [0.2, 0.25) is 0 Å². The first-order valence-electron chi connectivity index (χ1n) is 5.26. The molecule has 0 saturated heterocycles. The summed E-state index contributed by atoms with van der Waals surface area (Å²) in [4.78, 5) is 10.3. The molecule has 0 aliphatic carbocycles. The van der Waals surface area contributed by atoms with Crippen LogP contribution in [0.4, 0.5) is 5.69 Å². The van der Waals surface area contributed by atoms with E-state index in [1.807, 2.05) is 0 Å². The third kappa shape index (κ3) is 1.97. The van der Waals surface area contributed by atoms with Crippen molar-refractivity contribution in [2.75, 3.05) is 5.75 Å². The van der Waals surface area contributed by atoms with Crippen molar-refractivity contribution in [3.05, 3.63) is 34.1 Å². The van der Waals surface area contributed by atoms with Gasteiger partial charge in [0, 0.05) is 12.1 Å². The van der Waals surface area contributed by atoms with Gasteiger partial charge in [-0.05, 0) is 13.0 Å². The van der Waals surface area contributed by atoms with E-state index in [2.05, 4.69) is 0 Å². The number of benzene rings is 1. The minimum absolute atomic E-state index is 0.0847. The number of rotatable bonds is 3. The molecule has 0 aliphatic rings. The summed E-state index contributed by atoms with van der Waals surface area (Å²) in [5.74, 6) is 0.383. The van der Waals surface area contributed by atoms with Crippen molar-refractivity contribution in [2.45, 2.75) is 18.7 Å². The second-order valence-electron chi connectivity index (χ2n) is 3.87. The molecule has 18 heavy (non-hydrogen) atoms.